The summed E-state index contributed by atoms with van der Waals surface area (Å²) >= 11 is 0. The van der Waals surface area contributed by atoms with Gasteiger partial charge in [0.15, 0.2) is 0 Å². The van der Waals surface area contributed by atoms with Gasteiger partial charge in [-0.1, -0.05) is 19.9 Å². The molecular formula is C12H22N2O. The molecule has 1 amide bonds. The first kappa shape index (κ1) is 12.2. The van der Waals surface area contributed by atoms with E-state index in [1.165, 1.54) is 0 Å². The molecule has 1 fully saturated rings. The minimum absolute atomic E-state index is 0.136. The molecular weight excluding hydrogens is 188 g/mol. The van der Waals surface area contributed by atoms with Crippen LogP contribution in [0.4, 0.5) is 0 Å². The SMILES string of the molecule is CCC=C(C)C(=O)N1CCC(C)C(N)C1. The molecule has 0 aromatic heterocycles. The topological polar surface area (TPSA) is 46.3 Å². The Morgan fingerprint density at radius 2 is 2.27 bits per heavy atom. The van der Waals surface area contributed by atoms with E-state index < -0.39 is 0 Å². The summed E-state index contributed by atoms with van der Waals surface area (Å²) in [6.07, 6.45) is 3.91. The fourth-order valence-corrected chi connectivity index (χ4v) is 1.93. The summed E-state index contributed by atoms with van der Waals surface area (Å²) in [7, 11) is 0. The van der Waals surface area contributed by atoms with E-state index in [1.807, 2.05) is 24.8 Å². The number of nitrogens with zero attached hydrogens (tertiary/aromatic N) is 1. The van der Waals surface area contributed by atoms with E-state index in [0.29, 0.717) is 12.5 Å². The van der Waals surface area contributed by atoms with Gasteiger partial charge in [-0.2, -0.15) is 0 Å². The van der Waals surface area contributed by atoms with Crippen LogP contribution < -0.4 is 5.73 Å². The zero-order chi connectivity index (χ0) is 11.4. The number of carbonyl (C=O) groups is 1. The van der Waals surface area contributed by atoms with Crippen LogP contribution in [-0.4, -0.2) is 29.9 Å². The Hall–Kier alpha value is -0.830. The molecule has 0 aromatic carbocycles. The van der Waals surface area contributed by atoms with E-state index in [-0.39, 0.29) is 11.9 Å². The van der Waals surface area contributed by atoms with Gasteiger partial charge >= 0.3 is 0 Å². The van der Waals surface area contributed by atoms with Crippen molar-refractivity contribution in [3.8, 4) is 0 Å². The monoisotopic (exact) mass is 210 g/mol. The van der Waals surface area contributed by atoms with Gasteiger partial charge in [-0.3, -0.25) is 4.79 Å². The van der Waals surface area contributed by atoms with Crippen molar-refractivity contribution < 1.29 is 4.79 Å². The van der Waals surface area contributed by atoms with Gasteiger partial charge in [-0.15, -0.1) is 0 Å². The van der Waals surface area contributed by atoms with Crippen molar-refractivity contribution in [1.29, 1.82) is 0 Å². The number of likely N-dealkylation sites (tertiary alicyclic amines) is 1. The van der Waals surface area contributed by atoms with E-state index in [9.17, 15) is 4.79 Å². The maximum atomic E-state index is 11.9. The average molecular weight is 210 g/mol. The van der Waals surface area contributed by atoms with Gasteiger partial charge in [0, 0.05) is 24.7 Å². The average Bonchev–Trinajstić information content (AvgIpc) is 2.21. The summed E-state index contributed by atoms with van der Waals surface area (Å²) in [5.74, 6) is 0.684. The third-order valence-corrected chi connectivity index (χ3v) is 3.15. The van der Waals surface area contributed by atoms with Crippen molar-refractivity contribution in [2.45, 2.75) is 39.7 Å². The fourth-order valence-electron chi connectivity index (χ4n) is 1.93. The Morgan fingerprint density at radius 1 is 1.60 bits per heavy atom. The third-order valence-electron chi connectivity index (χ3n) is 3.15. The Bertz CT molecular complexity index is 260. The van der Waals surface area contributed by atoms with Crippen LogP contribution >= 0.6 is 0 Å². The highest BCUT2D eigenvalue weighted by molar-refractivity contribution is 5.92. The molecule has 86 valence electrons. The van der Waals surface area contributed by atoms with Crippen LogP contribution in [0, 0.1) is 5.92 Å². The van der Waals surface area contributed by atoms with E-state index >= 15 is 0 Å². The largest absolute Gasteiger partial charge is 0.337 e. The predicted molar refractivity (Wildman–Crippen MR) is 62.4 cm³/mol. The molecule has 2 N–H and O–H groups in total. The lowest BCUT2D eigenvalue weighted by atomic mass is 9.94. The van der Waals surface area contributed by atoms with Gasteiger partial charge < -0.3 is 10.6 Å². The lowest BCUT2D eigenvalue weighted by molar-refractivity contribution is -0.128. The zero-order valence-electron chi connectivity index (χ0n) is 9.99. The molecule has 0 bridgehead atoms. The minimum atomic E-state index is 0.136. The first-order valence-corrected chi connectivity index (χ1v) is 5.77. The highest BCUT2D eigenvalue weighted by Gasteiger charge is 2.26. The molecule has 2 unspecified atom stereocenters. The Kier molecular flexibility index (Phi) is 4.33. The molecule has 3 nitrogen and oxygen atoms in total. The molecule has 3 heteroatoms. The summed E-state index contributed by atoms with van der Waals surface area (Å²) in [5.41, 5.74) is 6.81. The van der Waals surface area contributed by atoms with Gasteiger partial charge in [0.05, 0.1) is 0 Å². The first-order valence-electron chi connectivity index (χ1n) is 5.77. The molecule has 0 aromatic rings. The second kappa shape index (κ2) is 5.31. The van der Waals surface area contributed by atoms with Gasteiger partial charge in [0.2, 0.25) is 5.91 Å². The predicted octanol–water partition coefficient (Wildman–Crippen LogP) is 1.54. The number of rotatable bonds is 2. The molecule has 15 heavy (non-hydrogen) atoms. The lowest BCUT2D eigenvalue weighted by Crippen LogP contribution is -2.49. The Balaban J connectivity index is 2.58. The van der Waals surface area contributed by atoms with Crippen molar-refractivity contribution in [3.63, 3.8) is 0 Å². The number of hydrogen-bond donors (Lipinski definition) is 1. The van der Waals surface area contributed by atoms with E-state index in [1.54, 1.807) is 0 Å². The summed E-state index contributed by atoms with van der Waals surface area (Å²) in [5, 5.41) is 0. The highest BCUT2D eigenvalue weighted by atomic mass is 16.2. The maximum Gasteiger partial charge on any atom is 0.249 e. The normalized spacial score (nSPS) is 28.0. The molecule has 0 radical (unpaired) electrons. The molecule has 1 aliphatic rings. The van der Waals surface area contributed by atoms with Gasteiger partial charge in [0.1, 0.15) is 0 Å². The molecule has 1 heterocycles. The number of allylic oxidation sites excluding steroid dienone is 1. The second-order valence-corrected chi connectivity index (χ2v) is 4.48. The van der Waals surface area contributed by atoms with Crippen molar-refractivity contribution in [3.05, 3.63) is 11.6 Å². The van der Waals surface area contributed by atoms with E-state index in [0.717, 1.165) is 25.0 Å². The summed E-state index contributed by atoms with van der Waals surface area (Å²) in [6.45, 7) is 7.63. The highest BCUT2D eigenvalue weighted by Crippen LogP contribution is 2.17. The van der Waals surface area contributed by atoms with Gasteiger partial charge in [0.25, 0.3) is 0 Å². The van der Waals surface area contributed by atoms with Crippen molar-refractivity contribution in [2.75, 3.05) is 13.1 Å². The molecule has 2 atom stereocenters. The van der Waals surface area contributed by atoms with Crippen molar-refractivity contribution >= 4 is 5.91 Å². The quantitative estimate of drug-likeness (QED) is 0.703. The molecule has 1 aliphatic heterocycles. The van der Waals surface area contributed by atoms with Crippen LogP contribution in [0.25, 0.3) is 0 Å². The fraction of sp³-hybridized carbons (Fsp3) is 0.750. The third kappa shape index (κ3) is 3.06. The number of amides is 1. The zero-order valence-corrected chi connectivity index (χ0v) is 9.99. The summed E-state index contributed by atoms with van der Waals surface area (Å²) < 4.78 is 0. The minimum Gasteiger partial charge on any atom is -0.337 e. The van der Waals surface area contributed by atoms with Crippen LogP contribution in [0.3, 0.4) is 0 Å². The van der Waals surface area contributed by atoms with Gasteiger partial charge in [-0.25, -0.2) is 0 Å². The van der Waals surface area contributed by atoms with Crippen LogP contribution in [0.15, 0.2) is 11.6 Å². The lowest BCUT2D eigenvalue weighted by Gasteiger charge is -2.35. The van der Waals surface area contributed by atoms with E-state index in [4.69, 9.17) is 5.73 Å². The number of nitrogens with two attached hydrogens (primary N) is 1. The Labute approximate surface area is 92.3 Å². The smallest absolute Gasteiger partial charge is 0.249 e. The number of piperidine rings is 1. The van der Waals surface area contributed by atoms with Crippen molar-refractivity contribution in [2.24, 2.45) is 11.7 Å². The van der Waals surface area contributed by atoms with E-state index in [2.05, 4.69) is 6.92 Å². The van der Waals surface area contributed by atoms with Crippen LogP contribution in [0.2, 0.25) is 0 Å². The molecule has 1 rings (SSSR count). The molecule has 0 saturated carbocycles. The van der Waals surface area contributed by atoms with Crippen molar-refractivity contribution in [1.82, 2.24) is 4.90 Å². The van der Waals surface area contributed by atoms with Gasteiger partial charge in [-0.05, 0) is 25.7 Å². The standard InChI is InChI=1S/C12H22N2O/c1-4-5-10(3)12(15)14-7-6-9(2)11(13)8-14/h5,9,11H,4,6-8,13H2,1-3H3. The first-order chi connectivity index (χ1) is 7.06. The van der Waals surface area contributed by atoms with Crippen LogP contribution in [-0.2, 0) is 4.79 Å². The summed E-state index contributed by atoms with van der Waals surface area (Å²) in [6, 6.07) is 0.136. The molecule has 1 saturated heterocycles. The molecule has 0 spiro atoms. The van der Waals surface area contributed by atoms with Crippen LogP contribution in [0.5, 0.6) is 0 Å². The number of carbonyl (C=O) groups excluding carboxylic acids is 1. The Morgan fingerprint density at radius 3 is 2.80 bits per heavy atom. The van der Waals surface area contributed by atoms with Crippen LogP contribution in [0.1, 0.15) is 33.6 Å². The maximum absolute atomic E-state index is 11.9. The second-order valence-electron chi connectivity index (χ2n) is 4.48. The molecule has 0 aliphatic carbocycles. The number of hydrogen-bond acceptors (Lipinski definition) is 2. The summed E-state index contributed by atoms with van der Waals surface area (Å²) in [4.78, 5) is 13.8.